The van der Waals surface area contributed by atoms with Crippen LogP contribution in [0.15, 0.2) is 23.2 Å². The third-order valence-corrected chi connectivity index (χ3v) is 4.44. The molecule has 0 radical (unpaired) electrons. The smallest absolute Gasteiger partial charge is 0.160 e. The molecule has 0 aliphatic carbocycles. The third kappa shape index (κ3) is 3.47. The molecule has 0 atom stereocenters. The second kappa shape index (κ2) is 5.05. The van der Waals surface area contributed by atoms with E-state index in [-0.39, 0.29) is 16.9 Å². The van der Waals surface area contributed by atoms with Crippen LogP contribution >= 0.6 is 0 Å². The topological polar surface area (TPSA) is 78.0 Å². The SMILES string of the molecule is Cn1cc(CS(=O)(=O)Cc2nocc2C(C)(C)C)cn1. The number of aromatic nitrogens is 3. The number of sulfone groups is 1. The highest BCUT2D eigenvalue weighted by atomic mass is 32.2. The Balaban J connectivity index is 2.19. The molecule has 110 valence electrons. The fourth-order valence-electron chi connectivity index (χ4n) is 2.03. The van der Waals surface area contributed by atoms with Crippen molar-refractivity contribution in [1.29, 1.82) is 0 Å². The van der Waals surface area contributed by atoms with Crippen molar-refractivity contribution in [3.8, 4) is 0 Å². The Morgan fingerprint density at radius 2 is 2.00 bits per heavy atom. The highest BCUT2D eigenvalue weighted by Crippen LogP contribution is 2.26. The Morgan fingerprint density at radius 1 is 1.30 bits per heavy atom. The van der Waals surface area contributed by atoms with E-state index < -0.39 is 9.84 Å². The van der Waals surface area contributed by atoms with Crippen LogP contribution in [0.5, 0.6) is 0 Å². The van der Waals surface area contributed by atoms with Crippen LogP contribution in [0.2, 0.25) is 0 Å². The molecule has 0 aliphatic heterocycles. The van der Waals surface area contributed by atoms with E-state index in [1.165, 1.54) is 6.26 Å². The quantitative estimate of drug-likeness (QED) is 0.860. The molecule has 0 aromatic carbocycles. The van der Waals surface area contributed by atoms with Gasteiger partial charge in [0.15, 0.2) is 9.84 Å². The average molecular weight is 297 g/mol. The van der Waals surface area contributed by atoms with E-state index in [9.17, 15) is 8.42 Å². The summed E-state index contributed by atoms with van der Waals surface area (Å²) in [4.78, 5) is 0. The van der Waals surface area contributed by atoms with Gasteiger partial charge in [-0.3, -0.25) is 4.68 Å². The molecule has 0 fully saturated rings. The minimum absolute atomic E-state index is 0.0444. The van der Waals surface area contributed by atoms with Gasteiger partial charge in [0.05, 0.1) is 17.7 Å². The van der Waals surface area contributed by atoms with Crippen LogP contribution in [-0.2, 0) is 33.8 Å². The molecule has 6 nitrogen and oxygen atoms in total. The monoisotopic (exact) mass is 297 g/mol. The number of hydrogen-bond acceptors (Lipinski definition) is 5. The molecular weight excluding hydrogens is 278 g/mol. The molecular formula is C13H19N3O3S. The van der Waals surface area contributed by atoms with Crippen molar-refractivity contribution in [2.45, 2.75) is 37.7 Å². The molecule has 0 saturated carbocycles. The van der Waals surface area contributed by atoms with Crippen LogP contribution in [0.25, 0.3) is 0 Å². The van der Waals surface area contributed by atoms with E-state index in [4.69, 9.17) is 4.52 Å². The predicted molar refractivity (Wildman–Crippen MR) is 74.7 cm³/mol. The third-order valence-electron chi connectivity index (χ3n) is 2.95. The summed E-state index contributed by atoms with van der Waals surface area (Å²) in [7, 11) is -1.55. The van der Waals surface area contributed by atoms with Crippen molar-refractivity contribution >= 4 is 9.84 Å². The highest BCUT2D eigenvalue weighted by molar-refractivity contribution is 7.89. The van der Waals surface area contributed by atoms with Gasteiger partial charge in [-0.2, -0.15) is 5.10 Å². The van der Waals surface area contributed by atoms with Gasteiger partial charge >= 0.3 is 0 Å². The molecule has 0 spiro atoms. The van der Waals surface area contributed by atoms with Gasteiger partial charge in [-0.05, 0) is 5.41 Å². The normalized spacial score (nSPS) is 12.8. The largest absolute Gasteiger partial charge is 0.364 e. The lowest BCUT2D eigenvalue weighted by atomic mass is 9.88. The van der Waals surface area contributed by atoms with Gasteiger partial charge in [0.2, 0.25) is 0 Å². The first-order valence-electron chi connectivity index (χ1n) is 6.29. The molecule has 0 aliphatic rings. The van der Waals surface area contributed by atoms with Crippen molar-refractivity contribution in [3.05, 3.63) is 35.5 Å². The molecule has 0 saturated heterocycles. The second-order valence-corrected chi connectivity index (χ2v) is 8.04. The van der Waals surface area contributed by atoms with Crippen molar-refractivity contribution in [3.63, 3.8) is 0 Å². The van der Waals surface area contributed by atoms with Crippen molar-refractivity contribution in [2.24, 2.45) is 7.05 Å². The number of nitrogens with zero attached hydrogens (tertiary/aromatic N) is 3. The molecule has 7 heteroatoms. The molecule has 0 bridgehead atoms. The van der Waals surface area contributed by atoms with Gasteiger partial charge in [-0.15, -0.1) is 0 Å². The molecule has 2 aromatic rings. The fraction of sp³-hybridized carbons (Fsp3) is 0.538. The van der Waals surface area contributed by atoms with E-state index in [2.05, 4.69) is 10.3 Å². The zero-order valence-corrected chi connectivity index (χ0v) is 12.9. The molecule has 0 amide bonds. The van der Waals surface area contributed by atoms with E-state index in [1.54, 1.807) is 24.1 Å². The molecule has 20 heavy (non-hydrogen) atoms. The second-order valence-electron chi connectivity index (χ2n) is 5.98. The average Bonchev–Trinajstić information content (AvgIpc) is 2.85. The van der Waals surface area contributed by atoms with Crippen LogP contribution in [0.1, 0.15) is 37.6 Å². The van der Waals surface area contributed by atoms with Gasteiger partial charge in [0.25, 0.3) is 0 Å². The zero-order chi connectivity index (χ0) is 15.0. The lowest BCUT2D eigenvalue weighted by molar-refractivity contribution is 0.411. The van der Waals surface area contributed by atoms with Crippen LogP contribution < -0.4 is 0 Å². The van der Waals surface area contributed by atoms with Gasteiger partial charge < -0.3 is 4.52 Å². The first kappa shape index (κ1) is 14.8. The highest BCUT2D eigenvalue weighted by Gasteiger charge is 2.25. The summed E-state index contributed by atoms with van der Waals surface area (Å²) >= 11 is 0. The Hall–Kier alpha value is -1.63. The number of hydrogen-bond donors (Lipinski definition) is 0. The molecule has 2 rings (SSSR count). The summed E-state index contributed by atoms with van der Waals surface area (Å²) in [6, 6.07) is 0. The number of rotatable bonds is 4. The van der Waals surface area contributed by atoms with Gasteiger partial charge in [-0.25, -0.2) is 8.42 Å². The Bertz CT molecular complexity index is 693. The van der Waals surface area contributed by atoms with Crippen LogP contribution in [-0.4, -0.2) is 23.4 Å². The summed E-state index contributed by atoms with van der Waals surface area (Å²) in [6.07, 6.45) is 4.78. The van der Waals surface area contributed by atoms with E-state index in [0.717, 1.165) is 5.56 Å². The summed E-state index contributed by atoms with van der Waals surface area (Å²) in [5.41, 5.74) is 1.79. The van der Waals surface area contributed by atoms with Crippen molar-refractivity contribution in [2.75, 3.05) is 0 Å². The molecule has 0 unspecified atom stereocenters. The Labute approximate surface area is 118 Å². The summed E-state index contributed by atoms with van der Waals surface area (Å²) in [5.74, 6) is -0.164. The molecule has 2 aromatic heterocycles. The summed E-state index contributed by atoms with van der Waals surface area (Å²) in [5, 5.41) is 7.81. The standard InChI is InChI=1S/C13H19N3O3S/c1-13(2,3)11-7-19-15-12(11)9-20(17,18)8-10-5-14-16(4)6-10/h5-7H,8-9H2,1-4H3. The van der Waals surface area contributed by atoms with Crippen LogP contribution in [0.4, 0.5) is 0 Å². The maximum absolute atomic E-state index is 12.2. The van der Waals surface area contributed by atoms with Gasteiger partial charge in [0, 0.05) is 24.4 Å². The predicted octanol–water partition coefficient (Wildman–Crippen LogP) is 1.82. The minimum atomic E-state index is -3.30. The zero-order valence-electron chi connectivity index (χ0n) is 12.1. The van der Waals surface area contributed by atoms with E-state index in [0.29, 0.717) is 11.3 Å². The van der Waals surface area contributed by atoms with E-state index in [1.807, 2.05) is 20.8 Å². The van der Waals surface area contributed by atoms with Crippen LogP contribution in [0.3, 0.4) is 0 Å². The van der Waals surface area contributed by atoms with Gasteiger partial charge in [0.1, 0.15) is 12.0 Å². The van der Waals surface area contributed by atoms with Crippen molar-refractivity contribution < 1.29 is 12.9 Å². The first-order chi connectivity index (χ1) is 9.17. The summed E-state index contributed by atoms with van der Waals surface area (Å²) in [6.45, 7) is 5.99. The minimum Gasteiger partial charge on any atom is -0.364 e. The maximum Gasteiger partial charge on any atom is 0.160 e. The van der Waals surface area contributed by atoms with Crippen LogP contribution in [0, 0.1) is 0 Å². The lowest BCUT2D eigenvalue weighted by Crippen LogP contribution is -2.16. The lowest BCUT2D eigenvalue weighted by Gasteiger charge is -2.17. The fourth-order valence-corrected chi connectivity index (χ4v) is 3.42. The summed E-state index contributed by atoms with van der Waals surface area (Å²) < 4.78 is 31.0. The van der Waals surface area contributed by atoms with Gasteiger partial charge in [-0.1, -0.05) is 25.9 Å². The molecule has 0 N–H and O–H groups in total. The van der Waals surface area contributed by atoms with E-state index >= 15 is 0 Å². The Morgan fingerprint density at radius 3 is 2.55 bits per heavy atom. The Kier molecular flexibility index (Phi) is 3.73. The molecule has 2 heterocycles. The first-order valence-corrected chi connectivity index (χ1v) is 8.11. The number of aryl methyl sites for hydroxylation is 1. The maximum atomic E-state index is 12.2. The van der Waals surface area contributed by atoms with Crippen molar-refractivity contribution in [1.82, 2.24) is 14.9 Å².